The first-order valence-electron chi connectivity index (χ1n) is 12.2. The molecule has 11 heteroatoms. The number of aromatic nitrogens is 3. The summed E-state index contributed by atoms with van der Waals surface area (Å²) in [7, 11) is 0. The smallest absolute Gasteiger partial charge is 0.317 e. The molecule has 0 amide bonds. The number of rotatable bonds is 11. The van der Waals surface area contributed by atoms with Crippen LogP contribution in [0.4, 0.5) is 17.5 Å². The number of nitrogens with one attached hydrogen (secondary N) is 2. The van der Waals surface area contributed by atoms with Crippen LogP contribution in [0.3, 0.4) is 0 Å². The van der Waals surface area contributed by atoms with E-state index < -0.39 is 5.97 Å². The van der Waals surface area contributed by atoms with Crippen molar-refractivity contribution in [3.63, 3.8) is 0 Å². The Balaban J connectivity index is 1.42. The highest BCUT2D eigenvalue weighted by molar-refractivity contribution is 5.69. The zero-order valence-corrected chi connectivity index (χ0v) is 20.6. The van der Waals surface area contributed by atoms with Crippen molar-refractivity contribution in [1.29, 1.82) is 5.26 Å². The van der Waals surface area contributed by atoms with Gasteiger partial charge >= 0.3 is 5.97 Å². The van der Waals surface area contributed by atoms with Gasteiger partial charge in [0.15, 0.2) is 0 Å². The molecule has 1 aliphatic heterocycles. The predicted molar refractivity (Wildman–Crippen MR) is 141 cm³/mol. The number of benzene rings is 1. The van der Waals surface area contributed by atoms with E-state index in [0.717, 1.165) is 54.4 Å². The molecular weight excluding hydrogens is 470 g/mol. The molecule has 2 aromatic heterocycles. The first-order chi connectivity index (χ1) is 18.0. The van der Waals surface area contributed by atoms with Gasteiger partial charge in [0, 0.05) is 62.9 Å². The molecule has 0 spiro atoms. The Morgan fingerprint density at radius 2 is 1.92 bits per heavy atom. The van der Waals surface area contributed by atoms with Crippen LogP contribution in [0.5, 0.6) is 0 Å². The number of piperazine rings is 1. The summed E-state index contributed by atoms with van der Waals surface area (Å²) in [5.41, 5.74) is 9.44. The Kier molecular flexibility index (Phi) is 8.93. The van der Waals surface area contributed by atoms with E-state index in [1.165, 1.54) is 0 Å². The van der Waals surface area contributed by atoms with Gasteiger partial charge in [-0.1, -0.05) is 0 Å². The first-order valence-corrected chi connectivity index (χ1v) is 12.2. The van der Waals surface area contributed by atoms with Gasteiger partial charge in [0.05, 0.1) is 23.9 Å². The number of pyridine rings is 1. The number of carboxylic acid groups (broad SMARTS) is 1. The number of aliphatic carboxylic acids is 1. The third-order valence-corrected chi connectivity index (χ3v) is 6.10. The van der Waals surface area contributed by atoms with Gasteiger partial charge < -0.3 is 21.5 Å². The lowest BCUT2D eigenvalue weighted by molar-refractivity contribution is -0.138. The molecule has 192 valence electrons. The lowest BCUT2D eigenvalue weighted by atomic mass is 10.1. The minimum Gasteiger partial charge on any atom is -0.480 e. The minimum absolute atomic E-state index is 0.0572. The molecule has 3 aromatic rings. The molecule has 4 rings (SSSR count). The van der Waals surface area contributed by atoms with E-state index in [2.05, 4.69) is 36.6 Å². The van der Waals surface area contributed by atoms with Crippen LogP contribution < -0.4 is 16.4 Å². The van der Waals surface area contributed by atoms with Gasteiger partial charge in [0.1, 0.15) is 5.82 Å². The van der Waals surface area contributed by atoms with Gasteiger partial charge in [0.25, 0.3) is 0 Å². The minimum atomic E-state index is -0.811. The van der Waals surface area contributed by atoms with Crippen LogP contribution in [-0.2, 0) is 11.3 Å². The molecule has 1 aliphatic rings. The van der Waals surface area contributed by atoms with Crippen LogP contribution >= 0.6 is 0 Å². The highest BCUT2D eigenvalue weighted by Gasteiger charge is 2.19. The Morgan fingerprint density at radius 1 is 1.11 bits per heavy atom. The lowest BCUT2D eigenvalue weighted by Gasteiger charge is -2.34. The normalized spacial score (nSPS) is 14.2. The van der Waals surface area contributed by atoms with Crippen LogP contribution in [0.15, 0.2) is 48.8 Å². The zero-order valence-electron chi connectivity index (χ0n) is 20.6. The molecular formula is C26H31N9O2. The molecule has 11 nitrogen and oxygen atoms in total. The highest BCUT2D eigenvalue weighted by Crippen LogP contribution is 2.23. The SMILES string of the molecule is N#Cc1ccc(Nc2nccc(-c3ccc(NCCCN)nc3)n2)cc1CN1CCN(CC(=O)O)CC1. The van der Waals surface area contributed by atoms with Crippen molar-refractivity contribution in [1.82, 2.24) is 24.8 Å². The average Bonchev–Trinajstić information content (AvgIpc) is 2.90. The number of nitrogens with two attached hydrogens (primary N) is 1. The van der Waals surface area contributed by atoms with Crippen molar-refractivity contribution in [2.45, 2.75) is 13.0 Å². The average molecular weight is 502 g/mol. The van der Waals surface area contributed by atoms with Crippen LogP contribution in [0.1, 0.15) is 17.5 Å². The van der Waals surface area contributed by atoms with E-state index >= 15 is 0 Å². The van der Waals surface area contributed by atoms with Crippen LogP contribution in [0.25, 0.3) is 11.3 Å². The number of nitriles is 1. The Labute approximate surface area is 216 Å². The Morgan fingerprint density at radius 3 is 2.62 bits per heavy atom. The molecule has 1 saturated heterocycles. The molecule has 1 fully saturated rings. The predicted octanol–water partition coefficient (Wildman–Crippen LogP) is 2.12. The molecule has 0 unspecified atom stereocenters. The summed E-state index contributed by atoms with van der Waals surface area (Å²) >= 11 is 0. The monoisotopic (exact) mass is 501 g/mol. The third kappa shape index (κ3) is 7.44. The number of carboxylic acids is 1. The second kappa shape index (κ2) is 12.7. The maximum Gasteiger partial charge on any atom is 0.317 e. The molecule has 0 aliphatic carbocycles. The highest BCUT2D eigenvalue weighted by atomic mass is 16.4. The van der Waals surface area contributed by atoms with Crippen molar-refractivity contribution in [3.05, 3.63) is 59.9 Å². The maximum atomic E-state index is 11.0. The number of hydrogen-bond donors (Lipinski definition) is 4. The van der Waals surface area contributed by atoms with Gasteiger partial charge in [-0.05, 0) is 54.9 Å². The number of nitrogens with zero attached hydrogens (tertiary/aromatic N) is 6. The van der Waals surface area contributed by atoms with Gasteiger partial charge in [-0.15, -0.1) is 0 Å². The van der Waals surface area contributed by atoms with Gasteiger partial charge in [-0.3, -0.25) is 14.6 Å². The van der Waals surface area contributed by atoms with Gasteiger partial charge in [0.2, 0.25) is 5.95 Å². The second-order valence-electron chi connectivity index (χ2n) is 8.82. The summed E-state index contributed by atoms with van der Waals surface area (Å²) < 4.78 is 0. The number of anilines is 3. The van der Waals surface area contributed by atoms with Crippen molar-refractivity contribution in [2.75, 3.05) is 56.4 Å². The van der Waals surface area contributed by atoms with Crippen molar-refractivity contribution < 1.29 is 9.90 Å². The third-order valence-electron chi connectivity index (χ3n) is 6.10. The standard InChI is InChI=1S/C26H31N9O2/c27-7-1-8-29-24-5-3-20(16-31-24)23-6-9-30-26(33-23)32-22-4-2-19(15-28)21(14-22)17-34-10-12-35(13-11-34)18-25(36)37/h2-6,9,14,16H,1,7-8,10-13,17-18,27H2,(H,29,31)(H,36,37)(H,30,32,33). The summed E-state index contributed by atoms with van der Waals surface area (Å²) in [6.45, 7) is 4.94. The van der Waals surface area contributed by atoms with E-state index in [1.54, 1.807) is 18.5 Å². The number of hydrogen-bond acceptors (Lipinski definition) is 10. The van der Waals surface area contributed by atoms with Crippen LogP contribution in [-0.4, -0.2) is 81.6 Å². The summed E-state index contributed by atoms with van der Waals surface area (Å²) in [6, 6.07) is 13.6. The van der Waals surface area contributed by atoms with Crippen LogP contribution in [0, 0.1) is 11.3 Å². The van der Waals surface area contributed by atoms with E-state index in [9.17, 15) is 10.1 Å². The zero-order chi connectivity index (χ0) is 26.0. The molecule has 0 radical (unpaired) electrons. The fourth-order valence-corrected chi connectivity index (χ4v) is 4.13. The quantitative estimate of drug-likeness (QED) is 0.285. The summed E-state index contributed by atoms with van der Waals surface area (Å²) in [5, 5.41) is 25.1. The largest absolute Gasteiger partial charge is 0.480 e. The van der Waals surface area contributed by atoms with E-state index in [-0.39, 0.29) is 6.54 Å². The summed E-state index contributed by atoms with van der Waals surface area (Å²) in [4.78, 5) is 28.5. The first kappa shape index (κ1) is 26.0. The fraction of sp³-hybridized carbons (Fsp3) is 0.346. The summed E-state index contributed by atoms with van der Waals surface area (Å²) in [5.74, 6) is 0.424. The molecule has 0 saturated carbocycles. The van der Waals surface area contributed by atoms with Crippen LogP contribution in [0.2, 0.25) is 0 Å². The van der Waals surface area contributed by atoms with E-state index in [0.29, 0.717) is 37.7 Å². The van der Waals surface area contributed by atoms with Gasteiger partial charge in [-0.2, -0.15) is 5.26 Å². The van der Waals surface area contributed by atoms with Crippen molar-refractivity contribution in [3.8, 4) is 17.3 Å². The lowest BCUT2D eigenvalue weighted by Crippen LogP contribution is -2.47. The second-order valence-corrected chi connectivity index (χ2v) is 8.82. The molecule has 3 heterocycles. The number of carbonyl (C=O) groups is 1. The van der Waals surface area contributed by atoms with E-state index in [4.69, 9.17) is 10.8 Å². The van der Waals surface area contributed by atoms with E-state index in [1.807, 2.05) is 35.2 Å². The molecule has 0 bridgehead atoms. The molecule has 5 N–H and O–H groups in total. The van der Waals surface area contributed by atoms with Crippen molar-refractivity contribution in [2.24, 2.45) is 5.73 Å². The maximum absolute atomic E-state index is 11.0. The topological polar surface area (TPSA) is 156 Å². The Bertz CT molecular complexity index is 1240. The molecule has 0 atom stereocenters. The Hall–Kier alpha value is -4.11. The molecule has 1 aromatic carbocycles. The molecule has 37 heavy (non-hydrogen) atoms. The fourth-order valence-electron chi connectivity index (χ4n) is 4.13. The van der Waals surface area contributed by atoms with Gasteiger partial charge in [-0.25, -0.2) is 15.0 Å². The van der Waals surface area contributed by atoms with Crippen molar-refractivity contribution >= 4 is 23.4 Å². The summed E-state index contributed by atoms with van der Waals surface area (Å²) in [6.07, 6.45) is 4.34.